The molecule has 0 spiro atoms. The lowest BCUT2D eigenvalue weighted by molar-refractivity contribution is -0.134. The zero-order chi connectivity index (χ0) is 34.0. The molecule has 0 aliphatic heterocycles. The standard InChI is InChI=1S/C16H21O4.7C2H4O/c1-4-5-11-16(3,19-12-13(2)15(17)18)20-14-9-7-6-8-10-14;7*1-2-3/h6-10,12H,3-5,11H2,1-2H3,(H,17,18);7*1-2H2. The van der Waals surface area contributed by atoms with Crippen LogP contribution in [-0.2, 0) is 45.3 Å². The number of ether oxygens (including phenoxy) is 2. The topological polar surface area (TPSA) is 195 Å². The molecule has 0 amide bonds. The van der Waals surface area contributed by atoms with Crippen molar-refractivity contribution in [3.05, 3.63) is 97.6 Å². The molecule has 0 bridgehead atoms. The van der Waals surface area contributed by atoms with Gasteiger partial charge in [0.1, 0.15) is 5.75 Å². The van der Waals surface area contributed by atoms with Gasteiger partial charge in [0.25, 0.3) is 5.79 Å². The van der Waals surface area contributed by atoms with Crippen molar-refractivity contribution in [1.82, 2.24) is 0 Å². The molecule has 1 rings (SSSR count). The molecule has 0 fully saturated rings. The second-order valence-electron chi connectivity index (χ2n) is 6.08. The Morgan fingerprint density at radius 3 is 1.34 bits per heavy atom. The average molecular weight is 586 g/mol. The van der Waals surface area contributed by atoms with Gasteiger partial charge in [-0.2, -0.15) is 0 Å². The fourth-order valence-corrected chi connectivity index (χ4v) is 1.53. The summed E-state index contributed by atoms with van der Waals surface area (Å²) in [6.07, 6.45) is 3.60. The summed E-state index contributed by atoms with van der Waals surface area (Å²) in [5.74, 6) is -1.50. The molecule has 1 aromatic rings. The number of para-hydroxylation sites is 1. The molecule has 0 heterocycles. The maximum atomic E-state index is 10.8. The lowest BCUT2D eigenvalue weighted by Crippen LogP contribution is -2.34. The molecule has 1 unspecified atom stereocenters. The Kier molecular flexibility index (Phi) is 72.0. The van der Waals surface area contributed by atoms with Crippen molar-refractivity contribution in [1.29, 1.82) is 0 Å². The number of unbranched alkanes of at least 4 members (excludes halogenated alkanes) is 1. The van der Waals surface area contributed by atoms with Crippen LogP contribution in [-0.4, -0.2) is 63.1 Å². The maximum absolute atomic E-state index is 10.8. The fourth-order valence-electron chi connectivity index (χ4n) is 1.53. The van der Waals surface area contributed by atoms with Gasteiger partial charge in [-0.1, -0.05) is 31.5 Å². The smallest absolute Gasteiger partial charge is 0.334 e. The minimum atomic E-state index is -1.12. The van der Waals surface area contributed by atoms with E-state index in [1.165, 1.54) is 13.2 Å². The molecule has 0 saturated carbocycles. The molecular weight excluding hydrogens is 536 g/mol. The van der Waals surface area contributed by atoms with Crippen LogP contribution in [0.25, 0.3) is 0 Å². The van der Waals surface area contributed by atoms with E-state index in [4.69, 9.17) is 50.3 Å². The Labute approximate surface area is 249 Å². The first-order chi connectivity index (χ1) is 19.4. The molecule has 0 saturated heterocycles. The van der Waals surface area contributed by atoms with Gasteiger partial charge in [0, 0.05) is 13.3 Å². The molecule has 0 aliphatic carbocycles. The minimum Gasteiger partial charge on any atom is -0.478 e. The van der Waals surface area contributed by atoms with E-state index in [0.29, 0.717) is 12.2 Å². The molecule has 0 aliphatic rings. The van der Waals surface area contributed by atoms with Gasteiger partial charge in [-0.05, 0) is 73.9 Å². The van der Waals surface area contributed by atoms with E-state index in [-0.39, 0.29) is 51.8 Å². The number of aliphatic carboxylic acids is 1. The van der Waals surface area contributed by atoms with Gasteiger partial charge >= 0.3 is 5.97 Å². The van der Waals surface area contributed by atoms with E-state index in [1.54, 1.807) is 0 Å². The summed E-state index contributed by atoms with van der Waals surface area (Å²) >= 11 is 0. The molecule has 235 valence electrons. The van der Waals surface area contributed by atoms with Crippen LogP contribution in [0.4, 0.5) is 0 Å². The van der Waals surface area contributed by atoms with Crippen LogP contribution in [0, 0.1) is 55.4 Å². The second kappa shape index (κ2) is 53.9. The first-order valence-electron chi connectivity index (χ1n) is 12.2. The van der Waals surface area contributed by atoms with Crippen molar-refractivity contribution in [3.63, 3.8) is 0 Å². The number of hydrogen-bond donors (Lipinski definition) is 1. The van der Waals surface area contributed by atoms with Gasteiger partial charge in [-0.15, -0.1) is 0 Å². The van der Waals surface area contributed by atoms with Crippen LogP contribution >= 0.6 is 0 Å². The number of carboxylic acids is 1. The average Bonchev–Trinajstić information content (AvgIpc) is 2.90. The number of benzene rings is 1. The highest BCUT2D eigenvalue weighted by atomic mass is 16.7. The van der Waals surface area contributed by atoms with Gasteiger partial charge in [0.05, 0.1) is 58.1 Å². The monoisotopic (exact) mass is 585 g/mol. The lowest BCUT2D eigenvalue weighted by atomic mass is 10.1. The van der Waals surface area contributed by atoms with Crippen molar-refractivity contribution in [2.45, 2.75) is 38.9 Å². The molecule has 1 atom stereocenters. The number of hydrogen-bond acceptors (Lipinski definition) is 3. The Morgan fingerprint density at radius 1 is 0.756 bits per heavy atom. The van der Waals surface area contributed by atoms with E-state index >= 15 is 0 Å². The zero-order valence-electron chi connectivity index (χ0n) is 24.7. The Bertz CT molecular complexity index is 551. The summed E-state index contributed by atoms with van der Waals surface area (Å²) in [7, 11) is 0. The van der Waals surface area contributed by atoms with Gasteiger partial charge in [-0.3, -0.25) is 0 Å². The van der Waals surface area contributed by atoms with Crippen molar-refractivity contribution >= 4 is 5.97 Å². The fraction of sp³-hybridized carbons (Fsp3) is 0.433. The number of carbonyl (C=O) groups is 1. The van der Waals surface area contributed by atoms with E-state index in [9.17, 15) is 4.79 Å². The first-order valence-corrected chi connectivity index (χ1v) is 12.2. The third kappa shape index (κ3) is 72.8. The third-order valence-corrected chi connectivity index (χ3v) is 2.75. The Morgan fingerprint density at radius 2 is 1.07 bits per heavy atom. The highest BCUT2D eigenvalue weighted by molar-refractivity contribution is 5.85. The van der Waals surface area contributed by atoms with Crippen molar-refractivity contribution in [2.75, 3.05) is 46.2 Å². The summed E-state index contributed by atoms with van der Waals surface area (Å²) in [6, 6.07) is 9.22. The van der Waals surface area contributed by atoms with Crippen molar-refractivity contribution in [3.8, 4) is 5.75 Å². The summed E-state index contributed by atoms with van der Waals surface area (Å²) in [4.78, 5) is 10.8. The molecule has 0 aromatic heterocycles. The van der Waals surface area contributed by atoms with E-state index in [0.717, 1.165) is 12.8 Å². The van der Waals surface area contributed by atoms with Crippen LogP contribution in [0.15, 0.2) is 42.2 Å². The van der Waals surface area contributed by atoms with Crippen LogP contribution in [0.2, 0.25) is 0 Å². The van der Waals surface area contributed by atoms with E-state index < -0.39 is 11.8 Å². The van der Waals surface area contributed by atoms with Crippen LogP contribution < -0.4 is 4.74 Å². The quantitative estimate of drug-likeness (QED) is 0.237. The molecule has 1 N–H and O–H groups in total. The Balaban J connectivity index is -0.0000000898. The predicted octanol–water partition coefficient (Wildman–Crippen LogP) is 5.55. The van der Waals surface area contributed by atoms with Crippen LogP contribution in [0.3, 0.4) is 0 Å². The van der Waals surface area contributed by atoms with E-state index in [2.05, 4.69) is 62.3 Å². The molecule has 11 nitrogen and oxygen atoms in total. The number of rotatable bonds is 8. The van der Waals surface area contributed by atoms with Gasteiger partial charge in [0.2, 0.25) is 0 Å². The van der Waals surface area contributed by atoms with Crippen LogP contribution in [0.5, 0.6) is 5.75 Å². The second-order valence-corrected chi connectivity index (χ2v) is 6.08. The summed E-state index contributed by atoms with van der Waals surface area (Å²) in [5.41, 5.74) is 0.103. The highest BCUT2D eigenvalue weighted by Gasteiger charge is 2.27. The van der Waals surface area contributed by atoms with Crippen molar-refractivity contribution < 1.29 is 55.1 Å². The largest absolute Gasteiger partial charge is 0.478 e. The maximum Gasteiger partial charge on any atom is 0.334 e. The van der Waals surface area contributed by atoms with Crippen molar-refractivity contribution in [2.24, 2.45) is 0 Å². The summed E-state index contributed by atoms with van der Waals surface area (Å²) in [5, 5.41) is 70.6. The van der Waals surface area contributed by atoms with Crippen LogP contribution in [0.1, 0.15) is 33.1 Å². The zero-order valence-corrected chi connectivity index (χ0v) is 24.7. The highest BCUT2D eigenvalue weighted by Crippen LogP contribution is 2.24. The van der Waals surface area contributed by atoms with Gasteiger partial charge < -0.3 is 14.6 Å². The molecule has 11 heteroatoms. The third-order valence-electron chi connectivity index (χ3n) is 2.75. The minimum absolute atomic E-state index is 0.103. The number of carboxylic acid groups (broad SMARTS) is 1. The summed E-state index contributed by atoms with van der Waals surface area (Å²) in [6.45, 7) is 26.2. The first kappa shape index (κ1) is 54.8. The molecule has 41 heavy (non-hydrogen) atoms. The molecule has 15 radical (unpaired) electrons. The Hall–Kier alpha value is -2.25. The normalized spacial score (nSPS) is 10.1. The van der Waals surface area contributed by atoms with Gasteiger partial charge in [0.15, 0.2) is 0 Å². The molecule has 1 aromatic carbocycles. The van der Waals surface area contributed by atoms with Gasteiger partial charge in [-0.25, -0.2) is 40.5 Å². The molecular formula is C30H49O11. The summed E-state index contributed by atoms with van der Waals surface area (Å²) < 4.78 is 11.2. The lowest BCUT2D eigenvalue weighted by Gasteiger charge is -2.29. The van der Waals surface area contributed by atoms with E-state index in [1.807, 2.05) is 30.3 Å². The predicted molar refractivity (Wildman–Crippen MR) is 154 cm³/mol. The SMILES string of the molecule is [CH2]C(CCCC)(OC=C(C)C(=O)O)Oc1ccccc1.[CH2]C[O].[CH2]C[O].[CH2]C[O].[CH2]C[O].[CH2]C[O].[CH2]C[O].[CH2]C[O].